The highest BCUT2D eigenvalue weighted by Crippen LogP contribution is 2.28. The molecular formula is C12H18ClN3. The van der Waals surface area contributed by atoms with Crippen LogP contribution in [0.5, 0.6) is 0 Å². The smallest absolute Gasteiger partial charge is 0.0580 e. The summed E-state index contributed by atoms with van der Waals surface area (Å²) in [5.41, 5.74) is 8.73. The Morgan fingerprint density at radius 3 is 2.88 bits per heavy atom. The van der Waals surface area contributed by atoms with Crippen LogP contribution in [-0.2, 0) is 0 Å². The molecule has 3 nitrogen and oxygen atoms in total. The van der Waals surface area contributed by atoms with Crippen molar-refractivity contribution in [3.8, 4) is 0 Å². The van der Waals surface area contributed by atoms with E-state index >= 15 is 0 Å². The summed E-state index contributed by atoms with van der Waals surface area (Å²) in [5, 5.41) is 4.21. The Kier molecular flexibility index (Phi) is 3.26. The Hall–Kier alpha value is -0.930. The van der Waals surface area contributed by atoms with Gasteiger partial charge in [0.05, 0.1) is 11.4 Å². The van der Waals surface area contributed by atoms with E-state index in [-0.39, 0.29) is 0 Å². The molecule has 4 heteroatoms. The fourth-order valence-corrected chi connectivity index (χ4v) is 2.27. The van der Waals surface area contributed by atoms with Gasteiger partial charge in [0.25, 0.3) is 0 Å². The minimum atomic E-state index is 0.493. The van der Waals surface area contributed by atoms with Gasteiger partial charge in [0.1, 0.15) is 0 Å². The molecule has 2 rings (SSSR count). The van der Waals surface area contributed by atoms with Gasteiger partial charge in [0.2, 0.25) is 0 Å². The van der Waals surface area contributed by atoms with Crippen molar-refractivity contribution in [2.75, 3.05) is 31.2 Å². The number of halogens is 1. The van der Waals surface area contributed by atoms with E-state index in [4.69, 9.17) is 17.3 Å². The van der Waals surface area contributed by atoms with E-state index in [0.29, 0.717) is 6.04 Å². The van der Waals surface area contributed by atoms with Gasteiger partial charge in [0.15, 0.2) is 0 Å². The number of nitrogen functional groups attached to an aromatic ring is 1. The Morgan fingerprint density at radius 1 is 1.50 bits per heavy atom. The number of hydrogen-bond donors (Lipinski definition) is 2. The molecule has 3 N–H and O–H groups in total. The second-order valence-electron chi connectivity index (χ2n) is 4.58. The van der Waals surface area contributed by atoms with Crippen molar-refractivity contribution < 1.29 is 0 Å². The molecule has 1 saturated heterocycles. The number of rotatable bonds is 2. The van der Waals surface area contributed by atoms with Gasteiger partial charge in [0, 0.05) is 17.6 Å². The second kappa shape index (κ2) is 4.52. The molecule has 88 valence electrons. The van der Waals surface area contributed by atoms with Crippen molar-refractivity contribution in [3.63, 3.8) is 0 Å². The van der Waals surface area contributed by atoms with Gasteiger partial charge in [-0.05, 0) is 44.6 Å². The average molecular weight is 240 g/mol. The van der Waals surface area contributed by atoms with Crippen molar-refractivity contribution in [3.05, 3.63) is 22.7 Å². The Bertz CT molecular complexity index is 392. The highest BCUT2D eigenvalue weighted by molar-refractivity contribution is 6.31. The molecule has 0 amide bonds. The topological polar surface area (TPSA) is 41.3 Å². The molecule has 1 aromatic carbocycles. The lowest BCUT2D eigenvalue weighted by Crippen LogP contribution is -2.24. The number of likely N-dealkylation sites (tertiary alicyclic amines) is 1. The Balaban J connectivity index is 2.12. The Morgan fingerprint density at radius 2 is 2.25 bits per heavy atom. The third-order valence-corrected chi connectivity index (χ3v) is 3.49. The lowest BCUT2D eigenvalue weighted by molar-refractivity contribution is 0.414. The minimum absolute atomic E-state index is 0.493. The average Bonchev–Trinajstić information content (AvgIpc) is 2.60. The molecule has 1 unspecified atom stereocenters. The molecule has 1 aliphatic heterocycles. The van der Waals surface area contributed by atoms with E-state index in [1.165, 1.54) is 0 Å². The van der Waals surface area contributed by atoms with Gasteiger partial charge in [-0.2, -0.15) is 0 Å². The molecule has 1 fully saturated rings. The maximum atomic E-state index is 6.01. The predicted molar refractivity (Wildman–Crippen MR) is 70.1 cm³/mol. The molecule has 1 aromatic rings. The van der Waals surface area contributed by atoms with Crippen LogP contribution in [0.2, 0.25) is 5.02 Å². The summed E-state index contributed by atoms with van der Waals surface area (Å²) >= 11 is 6.01. The van der Waals surface area contributed by atoms with Crippen LogP contribution < -0.4 is 11.1 Å². The van der Waals surface area contributed by atoms with Gasteiger partial charge < -0.3 is 16.0 Å². The molecule has 1 atom stereocenters. The monoisotopic (exact) mass is 239 g/mol. The first-order valence-electron chi connectivity index (χ1n) is 5.57. The fraction of sp³-hybridized carbons (Fsp3) is 0.500. The number of benzene rings is 1. The van der Waals surface area contributed by atoms with E-state index in [1.54, 1.807) is 0 Å². The maximum absolute atomic E-state index is 6.01. The molecule has 16 heavy (non-hydrogen) atoms. The van der Waals surface area contributed by atoms with E-state index in [2.05, 4.69) is 17.3 Å². The lowest BCUT2D eigenvalue weighted by atomic mass is 10.1. The molecule has 0 spiro atoms. The zero-order valence-corrected chi connectivity index (χ0v) is 10.5. The van der Waals surface area contributed by atoms with Crippen LogP contribution in [0, 0.1) is 6.92 Å². The Labute approximate surface area is 102 Å². The van der Waals surface area contributed by atoms with Crippen molar-refractivity contribution in [1.82, 2.24) is 4.90 Å². The molecule has 0 radical (unpaired) electrons. The van der Waals surface area contributed by atoms with Crippen molar-refractivity contribution >= 4 is 23.0 Å². The zero-order chi connectivity index (χ0) is 11.7. The highest BCUT2D eigenvalue weighted by Gasteiger charge is 2.19. The molecule has 1 heterocycles. The summed E-state index contributed by atoms with van der Waals surface area (Å²) in [6, 6.07) is 4.33. The summed E-state index contributed by atoms with van der Waals surface area (Å²) < 4.78 is 0. The predicted octanol–water partition coefficient (Wildman–Crippen LogP) is 2.35. The largest absolute Gasteiger partial charge is 0.397 e. The van der Waals surface area contributed by atoms with Gasteiger partial charge in [-0.3, -0.25) is 0 Å². The third-order valence-electron chi connectivity index (χ3n) is 3.08. The minimum Gasteiger partial charge on any atom is -0.397 e. The van der Waals surface area contributed by atoms with Crippen LogP contribution in [0.1, 0.15) is 12.0 Å². The van der Waals surface area contributed by atoms with Gasteiger partial charge in [-0.1, -0.05) is 11.6 Å². The van der Waals surface area contributed by atoms with Crippen molar-refractivity contribution in [1.29, 1.82) is 0 Å². The van der Waals surface area contributed by atoms with Crippen LogP contribution >= 0.6 is 11.6 Å². The van der Waals surface area contributed by atoms with Crippen molar-refractivity contribution in [2.45, 2.75) is 19.4 Å². The molecule has 1 aliphatic rings. The van der Waals surface area contributed by atoms with E-state index in [9.17, 15) is 0 Å². The van der Waals surface area contributed by atoms with Crippen LogP contribution in [0.15, 0.2) is 12.1 Å². The molecule has 0 bridgehead atoms. The van der Waals surface area contributed by atoms with E-state index < -0.39 is 0 Å². The molecule has 0 aromatic heterocycles. The summed E-state index contributed by atoms with van der Waals surface area (Å²) in [6.45, 7) is 4.21. The quantitative estimate of drug-likeness (QED) is 0.779. The second-order valence-corrected chi connectivity index (χ2v) is 4.99. The first-order valence-corrected chi connectivity index (χ1v) is 5.95. The number of anilines is 2. The maximum Gasteiger partial charge on any atom is 0.0580 e. The fourth-order valence-electron chi connectivity index (χ4n) is 2.09. The summed E-state index contributed by atoms with van der Waals surface area (Å²) in [5.74, 6) is 0. The van der Waals surface area contributed by atoms with Crippen LogP contribution in [0.3, 0.4) is 0 Å². The normalized spacial score (nSPS) is 21.3. The number of nitrogens with one attached hydrogen (secondary N) is 1. The van der Waals surface area contributed by atoms with E-state index in [0.717, 1.165) is 41.5 Å². The molecule has 0 aliphatic carbocycles. The standard InChI is InChI=1S/C12H18ClN3/c1-8-5-12(11(14)6-10(8)13)15-9-3-4-16(2)7-9/h5-6,9,15H,3-4,7,14H2,1-2H3. The first-order chi connectivity index (χ1) is 7.56. The zero-order valence-electron chi connectivity index (χ0n) is 9.76. The number of nitrogens with two attached hydrogens (primary N) is 1. The summed E-state index contributed by atoms with van der Waals surface area (Å²) in [6.07, 6.45) is 1.16. The lowest BCUT2D eigenvalue weighted by Gasteiger charge is -2.17. The van der Waals surface area contributed by atoms with Crippen LogP contribution in [-0.4, -0.2) is 31.1 Å². The number of likely N-dealkylation sites (N-methyl/N-ethyl adjacent to an activating group) is 1. The SMILES string of the molecule is Cc1cc(NC2CCN(C)C2)c(N)cc1Cl. The highest BCUT2D eigenvalue weighted by atomic mass is 35.5. The van der Waals surface area contributed by atoms with Crippen LogP contribution in [0.4, 0.5) is 11.4 Å². The van der Waals surface area contributed by atoms with Gasteiger partial charge >= 0.3 is 0 Å². The summed E-state index contributed by atoms with van der Waals surface area (Å²) in [7, 11) is 2.14. The molecule has 0 saturated carbocycles. The van der Waals surface area contributed by atoms with Gasteiger partial charge in [-0.25, -0.2) is 0 Å². The van der Waals surface area contributed by atoms with Gasteiger partial charge in [-0.15, -0.1) is 0 Å². The number of nitrogens with zero attached hydrogens (tertiary/aromatic N) is 1. The van der Waals surface area contributed by atoms with Crippen molar-refractivity contribution in [2.24, 2.45) is 0 Å². The number of hydrogen-bond acceptors (Lipinski definition) is 3. The number of aryl methyl sites for hydroxylation is 1. The van der Waals surface area contributed by atoms with Crippen LogP contribution in [0.25, 0.3) is 0 Å². The van der Waals surface area contributed by atoms with E-state index in [1.807, 2.05) is 19.1 Å². The first kappa shape index (κ1) is 11.6. The molecular weight excluding hydrogens is 222 g/mol. The third kappa shape index (κ3) is 2.42. The summed E-state index contributed by atoms with van der Waals surface area (Å²) in [4.78, 5) is 2.32.